The number of halogens is 1. The second-order valence-electron chi connectivity index (χ2n) is 7.09. The van der Waals surface area contributed by atoms with E-state index < -0.39 is 17.9 Å². The summed E-state index contributed by atoms with van der Waals surface area (Å²) >= 11 is 5.42. The third-order valence-electron chi connectivity index (χ3n) is 4.70. The molecule has 0 saturated carbocycles. The first-order valence-corrected chi connectivity index (χ1v) is 10.9. The molecule has 1 unspecified atom stereocenters. The first-order chi connectivity index (χ1) is 16.0. The number of alkyl halides is 1. The summed E-state index contributed by atoms with van der Waals surface area (Å²) in [5, 5.41) is 5.29. The number of terminal acetylenes is 1. The van der Waals surface area contributed by atoms with E-state index in [0.717, 1.165) is 0 Å². The minimum atomic E-state index is -0.903. The molecule has 8 heteroatoms. The summed E-state index contributed by atoms with van der Waals surface area (Å²) in [5.74, 6) is 0.554. The number of hydrogen-bond donors (Lipinski definition) is 2. The lowest BCUT2D eigenvalue weighted by Gasteiger charge is -2.17. The zero-order chi connectivity index (χ0) is 24.1. The van der Waals surface area contributed by atoms with Gasteiger partial charge in [0.1, 0.15) is 11.9 Å². The van der Waals surface area contributed by atoms with Crippen LogP contribution in [0.4, 0.5) is 0 Å². The second-order valence-corrected chi connectivity index (χ2v) is 7.36. The van der Waals surface area contributed by atoms with E-state index in [1.165, 1.54) is 12.1 Å². The Morgan fingerprint density at radius 1 is 0.939 bits per heavy atom. The molecule has 1 atom stereocenters. The maximum atomic E-state index is 12.7. The normalized spacial score (nSPS) is 11.0. The van der Waals surface area contributed by atoms with E-state index in [0.29, 0.717) is 42.5 Å². The molecule has 0 aliphatic rings. The van der Waals surface area contributed by atoms with Gasteiger partial charge in [-0.1, -0.05) is 48.4 Å². The van der Waals surface area contributed by atoms with Crippen molar-refractivity contribution in [3.8, 4) is 12.3 Å². The van der Waals surface area contributed by atoms with Crippen LogP contribution in [0.15, 0.2) is 54.6 Å². The highest BCUT2D eigenvalue weighted by Crippen LogP contribution is 2.12. The second kappa shape index (κ2) is 13.7. The molecule has 0 aliphatic heterocycles. The van der Waals surface area contributed by atoms with Crippen molar-refractivity contribution in [1.29, 1.82) is 0 Å². The molecule has 33 heavy (non-hydrogen) atoms. The molecule has 0 bridgehead atoms. The van der Waals surface area contributed by atoms with Crippen LogP contribution < -0.4 is 10.6 Å². The monoisotopic (exact) mass is 468 g/mol. The summed E-state index contributed by atoms with van der Waals surface area (Å²) in [6.45, 7) is 0.204. The molecule has 2 amide bonds. The molecule has 0 fully saturated rings. The summed E-state index contributed by atoms with van der Waals surface area (Å²) in [5.41, 5.74) is 1.29. The first-order valence-electron chi connectivity index (χ1n) is 10.4. The lowest BCUT2D eigenvalue weighted by atomic mass is 10.0. The number of ether oxygens (including phenoxy) is 1. The molecular formula is C25H25ClN2O5. The maximum absolute atomic E-state index is 12.7. The first kappa shape index (κ1) is 25.6. The Hall–Kier alpha value is -3.63. The Labute approximate surface area is 197 Å². The van der Waals surface area contributed by atoms with Crippen LogP contribution in [0.1, 0.15) is 45.5 Å². The van der Waals surface area contributed by atoms with E-state index in [1.807, 2.05) is 6.07 Å². The van der Waals surface area contributed by atoms with Crippen molar-refractivity contribution in [1.82, 2.24) is 10.6 Å². The molecule has 7 nitrogen and oxygen atoms in total. The number of benzene rings is 2. The van der Waals surface area contributed by atoms with Crippen molar-refractivity contribution in [2.45, 2.75) is 25.3 Å². The van der Waals surface area contributed by atoms with Gasteiger partial charge in [-0.15, -0.1) is 18.0 Å². The highest BCUT2D eigenvalue weighted by atomic mass is 35.5. The highest BCUT2D eigenvalue weighted by molar-refractivity contribution is 6.27. The highest BCUT2D eigenvalue weighted by Gasteiger charge is 2.22. The minimum Gasteiger partial charge on any atom is -0.451 e. The van der Waals surface area contributed by atoms with E-state index in [9.17, 15) is 19.2 Å². The van der Waals surface area contributed by atoms with Crippen LogP contribution in [0.2, 0.25) is 0 Å². The molecule has 0 aromatic heterocycles. The number of rotatable bonds is 12. The van der Waals surface area contributed by atoms with Crippen LogP contribution in [0.5, 0.6) is 0 Å². The fourth-order valence-corrected chi connectivity index (χ4v) is 3.08. The Morgan fingerprint density at radius 2 is 1.58 bits per heavy atom. The minimum absolute atomic E-state index is 0.118. The zero-order valence-corrected chi connectivity index (χ0v) is 18.8. The van der Waals surface area contributed by atoms with E-state index in [-0.39, 0.29) is 24.2 Å². The molecule has 0 saturated heterocycles. The van der Waals surface area contributed by atoms with Crippen LogP contribution in [-0.4, -0.2) is 48.6 Å². The fourth-order valence-electron chi connectivity index (χ4n) is 2.98. The van der Waals surface area contributed by atoms with Crippen molar-refractivity contribution < 1.29 is 23.9 Å². The number of amides is 2. The van der Waals surface area contributed by atoms with E-state index in [4.69, 9.17) is 22.8 Å². The Morgan fingerprint density at radius 3 is 2.21 bits per heavy atom. The standard InChI is InChI=1S/C25H25ClN2O5/c1-2-16-33-25(32)21(10-6-7-15-27-22(29)17-26)28-24(31)20-13-11-19(12-14-20)23(30)18-8-4-3-5-9-18/h1,3-5,8-9,11-14,21H,6-7,10,15-17H2,(H,27,29)(H,28,31). The predicted octanol–water partition coefficient (Wildman–Crippen LogP) is 2.72. The third-order valence-corrected chi connectivity index (χ3v) is 4.94. The van der Waals surface area contributed by atoms with Gasteiger partial charge in [-0.3, -0.25) is 14.4 Å². The van der Waals surface area contributed by atoms with Crippen LogP contribution in [0.3, 0.4) is 0 Å². The number of carbonyl (C=O) groups is 4. The smallest absolute Gasteiger partial charge is 0.329 e. The summed E-state index contributed by atoms with van der Waals surface area (Å²) in [4.78, 5) is 48.7. The van der Waals surface area contributed by atoms with Gasteiger partial charge >= 0.3 is 5.97 Å². The summed E-state index contributed by atoms with van der Waals surface area (Å²) < 4.78 is 4.98. The SMILES string of the molecule is C#CCOC(=O)C(CCCCNC(=O)CCl)NC(=O)c1ccc(C(=O)c2ccccc2)cc1. The molecule has 0 heterocycles. The number of carbonyl (C=O) groups excluding carboxylic acids is 4. The van der Waals surface area contributed by atoms with E-state index in [2.05, 4.69) is 16.6 Å². The number of hydrogen-bond acceptors (Lipinski definition) is 5. The average Bonchev–Trinajstić information content (AvgIpc) is 2.86. The molecule has 2 aromatic rings. The lowest BCUT2D eigenvalue weighted by molar-refractivity contribution is -0.144. The summed E-state index contributed by atoms with van der Waals surface area (Å²) in [7, 11) is 0. The Kier molecular flexibility index (Phi) is 10.6. The number of nitrogens with one attached hydrogen (secondary N) is 2. The van der Waals surface area contributed by atoms with Crippen molar-refractivity contribution in [3.63, 3.8) is 0 Å². The van der Waals surface area contributed by atoms with Crippen molar-refractivity contribution in [2.75, 3.05) is 19.0 Å². The van der Waals surface area contributed by atoms with E-state index >= 15 is 0 Å². The molecule has 2 rings (SSSR count). The molecule has 2 aromatic carbocycles. The van der Waals surface area contributed by atoms with Crippen molar-refractivity contribution in [3.05, 3.63) is 71.3 Å². The molecule has 0 aliphatic carbocycles. The quantitative estimate of drug-likeness (QED) is 0.164. The topological polar surface area (TPSA) is 102 Å². The van der Waals surface area contributed by atoms with Gasteiger partial charge in [0.15, 0.2) is 12.4 Å². The Bertz CT molecular complexity index is 1000. The average molecular weight is 469 g/mol. The largest absolute Gasteiger partial charge is 0.451 e. The number of unbranched alkanes of at least 4 members (excludes halogenated alkanes) is 1. The van der Waals surface area contributed by atoms with Gasteiger partial charge < -0.3 is 15.4 Å². The molecular weight excluding hydrogens is 444 g/mol. The van der Waals surface area contributed by atoms with Gasteiger partial charge in [-0.05, 0) is 31.4 Å². The Balaban J connectivity index is 1.98. The van der Waals surface area contributed by atoms with Crippen LogP contribution >= 0.6 is 11.6 Å². The molecule has 172 valence electrons. The van der Waals surface area contributed by atoms with Gasteiger partial charge in [0.2, 0.25) is 5.91 Å². The summed E-state index contributed by atoms with van der Waals surface area (Å²) in [6, 6.07) is 14.1. The van der Waals surface area contributed by atoms with Crippen LogP contribution in [0, 0.1) is 12.3 Å². The van der Waals surface area contributed by atoms with E-state index in [1.54, 1.807) is 36.4 Å². The lowest BCUT2D eigenvalue weighted by Crippen LogP contribution is -2.42. The van der Waals surface area contributed by atoms with Crippen LogP contribution in [-0.2, 0) is 14.3 Å². The number of esters is 1. The van der Waals surface area contributed by atoms with Gasteiger partial charge in [0.05, 0.1) is 0 Å². The van der Waals surface area contributed by atoms with Crippen molar-refractivity contribution in [2.24, 2.45) is 0 Å². The molecule has 0 radical (unpaired) electrons. The van der Waals surface area contributed by atoms with Crippen LogP contribution in [0.25, 0.3) is 0 Å². The van der Waals surface area contributed by atoms with Gasteiger partial charge in [-0.25, -0.2) is 4.79 Å². The summed E-state index contributed by atoms with van der Waals surface area (Å²) in [6.07, 6.45) is 6.58. The van der Waals surface area contributed by atoms with Gasteiger partial charge in [0, 0.05) is 23.2 Å². The third kappa shape index (κ3) is 8.43. The van der Waals surface area contributed by atoms with Gasteiger partial charge in [-0.2, -0.15) is 0 Å². The van der Waals surface area contributed by atoms with Crippen molar-refractivity contribution >= 4 is 35.2 Å². The molecule has 2 N–H and O–H groups in total. The van der Waals surface area contributed by atoms with Gasteiger partial charge in [0.25, 0.3) is 5.91 Å². The zero-order valence-electron chi connectivity index (χ0n) is 18.0. The fraction of sp³-hybridized carbons (Fsp3) is 0.280. The molecule has 0 spiro atoms. The number of ketones is 1. The maximum Gasteiger partial charge on any atom is 0.329 e. The predicted molar refractivity (Wildman–Crippen MR) is 125 cm³/mol.